The third-order valence-corrected chi connectivity index (χ3v) is 3.04. The van der Waals surface area contributed by atoms with Crippen LogP contribution >= 0.6 is 0 Å². The highest BCUT2D eigenvalue weighted by atomic mass is 16.3. The van der Waals surface area contributed by atoms with Crippen LogP contribution in [0, 0.1) is 0 Å². The molecule has 2 aromatic carbocycles. The summed E-state index contributed by atoms with van der Waals surface area (Å²) in [6.07, 6.45) is 2.79. The predicted molar refractivity (Wildman–Crippen MR) is 73.3 cm³/mol. The molecule has 0 aliphatic heterocycles. The predicted octanol–water partition coefficient (Wildman–Crippen LogP) is 3.72. The van der Waals surface area contributed by atoms with Gasteiger partial charge in [0.15, 0.2) is 0 Å². The van der Waals surface area contributed by atoms with Crippen LogP contribution in [0.5, 0.6) is 0 Å². The molecule has 0 heterocycles. The van der Waals surface area contributed by atoms with Crippen LogP contribution in [0.1, 0.15) is 31.4 Å². The fourth-order valence-electron chi connectivity index (χ4n) is 2.26. The van der Waals surface area contributed by atoms with Gasteiger partial charge in [0, 0.05) is 0 Å². The Morgan fingerprint density at radius 2 is 1.59 bits per heavy atom. The highest BCUT2D eigenvalue weighted by molar-refractivity contribution is 5.83. The molecule has 90 valence electrons. The van der Waals surface area contributed by atoms with Crippen molar-refractivity contribution in [3.05, 3.63) is 47.5 Å². The van der Waals surface area contributed by atoms with E-state index in [0.29, 0.717) is 0 Å². The van der Waals surface area contributed by atoms with Gasteiger partial charge in [-0.25, -0.2) is 0 Å². The highest BCUT2D eigenvalue weighted by Gasteiger charge is 2.01. The van der Waals surface area contributed by atoms with E-state index in [4.69, 9.17) is 0 Å². The van der Waals surface area contributed by atoms with Crippen molar-refractivity contribution in [3.8, 4) is 0 Å². The zero-order valence-corrected chi connectivity index (χ0v) is 10.6. The van der Waals surface area contributed by atoms with E-state index < -0.39 is 0 Å². The SMILES string of the molecule is CCCc1ccc2cc(CC(C)O)ccc2c1. The average molecular weight is 228 g/mol. The molecule has 0 bridgehead atoms. The molecular weight excluding hydrogens is 208 g/mol. The summed E-state index contributed by atoms with van der Waals surface area (Å²) in [4.78, 5) is 0. The average Bonchev–Trinajstić information content (AvgIpc) is 2.29. The third-order valence-electron chi connectivity index (χ3n) is 3.04. The van der Waals surface area contributed by atoms with Crippen LogP contribution < -0.4 is 0 Å². The van der Waals surface area contributed by atoms with E-state index >= 15 is 0 Å². The lowest BCUT2D eigenvalue weighted by Gasteiger charge is -2.07. The second-order valence-electron chi connectivity index (χ2n) is 4.82. The van der Waals surface area contributed by atoms with Crippen LogP contribution in [-0.2, 0) is 12.8 Å². The molecule has 1 atom stereocenters. The van der Waals surface area contributed by atoms with Crippen molar-refractivity contribution in [2.24, 2.45) is 0 Å². The van der Waals surface area contributed by atoms with Gasteiger partial charge in [-0.2, -0.15) is 0 Å². The lowest BCUT2D eigenvalue weighted by Crippen LogP contribution is -2.03. The molecule has 0 saturated carbocycles. The van der Waals surface area contributed by atoms with Crippen molar-refractivity contribution < 1.29 is 5.11 Å². The Hall–Kier alpha value is -1.34. The Morgan fingerprint density at radius 3 is 2.18 bits per heavy atom. The molecule has 0 spiro atoms. The first-order valence-electron chi connectivity index (χ1n) is 6.38. The van der Waals surface area contributed by atoms with E-state index in [1.165, 1.54) is 28.3 Å². The molecule has 0 amide bonds. The van der Waals surface area contributed by atoms with E-state index in [9.17, 15) is 5.11 Å². The van der Waals surface area contributed by atoms with Crippen molar-refractivity contribution in [2.45, 2.75) is 39.2 Å². The number of fused-ring (bicyclic) bond motifs is 1. The highest BCUT2D eigenvalue weighted by Crippen LogP contribution is 2.19. The molecule has 0 fully saturated rings. The molecule has 1 unspecified atom stereocenters. The summed E-state index contributed by atoms with van der Waals surface area (Å²) in [6, 6.07) is 13.1. The molecule has 0 aromatic heterocycles. The fraction of sp³-hybridized carbons (Fsp3) is 0.375. The molecule has 1 N–H and O–H groups in total. The number of hydrogen-bond donors (Lipinski definition) is 1. The first-order chi connectivity index (χ1) is 8.19. The maximum absolute atomic E-state index is 9.39. The van der Waals surface area contributed by atoms with Gasteiger partial charge in [0.2, 0.25) is 0 Å². The van der Waals surface area contributed by atoms with E-state index in [-0.39, 0.29) is 6.10 Å². The molecule has 0 radical (unpaired) electrons. The zero-order valence-electron chi connectivity index (χ0n) is 10.6. The molecule has 17 heavy (non-hydrogen) atoms. The van der Waals surface area contributed by atoms with Gasteiger partial charge in [0.05, 0.1) is 6.10 Å². The van der Waals surface area contributed by atoms with Crippen molar-refractivity contribution in [2.75, 3.05) is 0 Å². The Bertz CT molecular complexity index is 500. The first-order valence-corrected chi connectivity index (χ1v) is 6.38. The van der Waals surface area contributed by atoms with Crippen molar-refractivity contribution in [1.29, 1.82) is 0 Å². The minimum absolute atomic E-state index is 0.271. The Balaban J connectivity index is 2.33. The Labute approximate surface area is 103 Å². The minimum atomic E-state index is -0.271. The van der Waals surface area contributed by atoms with Crippen molar-refractivity contribution >= 4 is 10.8 Å². The largest absolute Gasteiger partial charge is 0.393 e. The minimum Gasteiger partial charge on any atom is -0.393 e. The quantitative estimate of drug-likeness (QED) is 0.845. The van der Waals surface area contributed by atoms with Gasteiger partial charge in [-0.3, -0.25) is 0 Å². The van der Waals surface area contributed by atoms with Crippen LogP contribution in [-0.4, -0.2) is 11.2 Å². The molecule has 0 saturated heterocycles. The van der Waals surface area contributed by atoms with Gasteiger partial charge >= 0.3 is 0 Å². The summed E-state index contributed by atoms with van der Waals surface area (Å²) in [5.74, 6) is 0. The topological polar surface area (TPSA) is 20.2 Å². The van der Waals surface area contributed by atoms with E-state index in [0.717, 1.165) is 12.8 Å². The number of aryl methyl sites for hydroxylation is 1. The second-order valence-corrected chi connectivity index (χ2v) is 4.82. The maximum Gasteiger partial charge on any atom is 0.0552 e. The van der Waals surface area contributed by atoms with E-state index in [2.05, 4.69) is 43.3 Å². The summed E-state index contributed by atoms with van der Waals surface area (Å²) >= 11 is 0. The van der Waals surface area contributed by atoms with Gasteiger partial charge in [-0.05, 0) is 41.7 Å². The van der Waals surface area contributed by atoms with Crippen LogP contribution in [0.3, 0.4) is 0 Å². The number of hydrogen-bond acceptors (Lipinski definition) is 1. The number of aliphatic hydroxyl groups is 1. The number of rotatable bonds is 4. The van der Waals surface area contributed by atoms with Crippen LogP contribution in [0.4, 0.5) is 0 Å². The summed E-state index contributed by atoms with van der Waals surface area (Å²) < 4.78 is 0. The van der Waals surface area contributed by atoms with Gasteiger partial charge in [0.1, 0.15) is 0 Å². The van der Waals surface area contributed by atoms with Crippen molar-refractivity contribution in [3.63, 3.8) is 0 Å². The molecule has 1 heteroatoms. The normalized spacial score (nSPS) is 12.9. The van der Waals surface area contributed by atoms with Crippen LogP contribution in [0.25, 0.3) is 10.8 Å². The zero-order chi connectivity index (χ0) is 12.3. The second kappa shape index (κ2) is 5.33. The molecule has 2 aromatic rings. The van der Waals surface area contributed by atoms with Gasteiger partial charge in [0.25, 0.3) is 0 Å². The number of aliphatic hydroxyl groups excluding tert-OH is 1. The summed E-state index contributed by atoms with van der Waals surface area (Å²) in [5.41, 5.74) is 2.61. The Kier molecular flexibility index (Phi) is 3.80. The molecule has 2 rings (SSSR count). The number of benzene rings is 2. The molecule has 1 nitrogen and oxygen atoms in total. The lowest BCUT2D eigenvalue weighted by atomic mass is 10.0. The summed E-state index contributed by atoms with van der Waals surface area (Å²) in [6.45, 7) is 4.03. The van der Waals surface area contributed by atoms with Crippen molar-refractivity contribution in [1.82, 2.24) is 0 Å². The lowest BCUT2D eigenvalue weighted by molar-refractivity contribution is 0.195. The van der Waals surface area contributed by atoms with Crippen LogP contribution in [0.15, 0.2) is 36.4 Å². The fourth-order valence-corrected chi connectivity index (χ4v) is 2.26. The molecule has 0 aliphatic rings. The van der Waals surface area contributed by atoms with E-state index in [1.54, 1.807) is 0 Å². The van der Waals surface area contributed by atoms with Gasteiger partial charge < -0.3 is 5.11 Å². The first kappa shape index (κ1) is 12.1. The summed E-state index contributed by atoms with van der Waals surface area (Å²) in [5, 5.41) is 12.0. The Morgan fingerprint density at radius 1 is 1.00 bits per heavy atom. The van der Waals surface area contributed by atoms with Crippen LogP contribution in [0.2, 0.25) is 0 Å². The van der Waals surface area contributed by atoms with Gasteiger partial charge in [-0.15, -0.1) is 0 Å². The standard InChI is InChI=1S/C16H20O/c1-3-4-13-5-7-16-11-14(9-12(2)17)6-8-15(16)10-13/h5-8,10-12,17H,3-4,9H2,1-2H3. The molecular formula is C16H20O. The maximum atomic E-state index is 9.39. The third kappa shape index (κ3) is 3.07. The smallest absolute Gasteiger partial charge is 0.0552 e. The summed E-state index contributed by atoms with van der Waals surface area (Å²) in [7, 11) is 0. The van der Waals surface area contributed by atoms with Gasteiger partial charge in [-0.1, -0.05) is 49.7 Å². The van der Waals surface area contributed by atoms with E-state index in [1.807, 2.05) is 6.92 Å². The molecule has 0 aliphatic carbocycles. The monoisotopic (exact) mass is 228 g/mol.